The van der Waals surface area contributed by atoms with Crippen LogP contribution in [0.5, 0.6) is 5.75 Å². The number of benzene rings is 1. The van der Waals surface area contributed by atoms with Gasteiger partial charge in [0.1, 0.15) is 5.75 Å². The number of hydrogen-bond donors (Lipinski definition) is 1. The first-order valence-electron chi connectivity index (χ1n) is 7.94. The Hall–Kier alpha value is -2.07. The molecule has 0 saturated heterocycles. The van der Waals surface area contributed by atoms with Crippen LogP contribution in [0.4, 0.5) is 0 Å². The predicted octanol–water partition coefficient (Wildman–Crippen LogP) is 3.06. The Morgan fingerprint density at radius 3 is 2.65 bits per heavy atom. The van der Waals surface area contributed by atoms with Gasteiger partial charge in [0.25, 0.3) is 0 Å². The van der Waals surface area contributed by atoms with Gasteiger partial charge in [-0.3, -0.25) is 9.69 Å². The van der Waals surface area contributed by atoms with Crippen molar-refractivity contribution in [2.45, 2.75) is 39.8 Å². The normalized spacial score (nSPS) is 12.4. The highest BCUT2D eigenvalue weighted by atomic mass is 16.5. The van der Waals surface area contributed by atoms with Crippen LogP contribution in [-0.4, -0.2) is 30.1 Å². The van der Waals surface area contributed by atoms with E-state index in [1.54, 1.807) is 13.3 Å². The molecule has 2 aromatic rings. The molecule has 124 valence electrons. The van der Waals surface area contributed by atoms with Gasteiger partial charge in [0.15, 0.2) is 5.43 Å². The Kier molecular flexibility index (Phi) is 5.61. The van der Waals surface area contributed by atoms with E-state index in [1.807, 2.05) is 32.0 Å². The molecule has 0 aliphatic rings. The zero-order chi connectivity index (χ0) is 17.0. The number of ether oxygens (including phenoxy) is 1. The molecule has 0 radical (unpaired) electrons. The molecule has 0 spiro atoms. The molecule has 1 atom stereocenters. The minimum absolute atomic E-state index is 0.129. The quantitative estimate of drug-likeness (QED) is 0.891. The molecule has 4 nitrogen and oxygen atoms in total. The van der Waals surface area contributed by atoms with E-state index in [4.69, 9.17) is 4.74 Å². The highest BCUT2D eigenvalue weighted by Crippen LogP contribution is 2.20. The number of methoxy groups -OCH3 is 1. The van der Waals surface area contributed by atoms with Crippen LogP contribution in [0.2, 0.25) is 0 Å². The maximum atomic E-state index is 12.1. The van der Waals surface area contributed by atoms with Crippen LogP contribution in [0.1, 0.15) is 29.3 Å². The highest BCUT2D eigenvalue weighted by molar-refractivity contribution is 5.33. The van der Waals surface area contributed by atoms with Crippen molar-refractivity contribution in [2.75, 3.05) is 14.2 Å². The van der Waals surface area contributed by atoms with Gasteiger partial charge in [-0.25, -0.2) is 0 Å². The van der Waals surface area contributed by atoms with Crippen LogP contribution < -0.4 is 10.2 Å². The zero-order valence-corrected chi connectivity index (χ0v) is 14.6. The van der Waals surface area contributed by atoms with Crippen LogP contribution >= 0.6 is 0 Å². The van der Waals surface area contributed by atoms with Crippen LogP contribution in [0, 0.1) is 13.8 Å². The Labute approximate surface area is 138 Å². The average molecular weight is 314 g/mol. The second-order valence-corrected chi connectivity index (χ2v) is 6.18. The van der Waals surface area contributed by atoms with Gasteiger partial charge < -0.3 is 9.72 Å². The van der Waals surface area contributed by atoms with Gasteiger partial charge in [-0.2, -0.15) is 0 Å². The summed E-state index contributed by atoms with van der Waals surface area (Å²) in [6.07, 6.45) is 2.69. The topological polar surface area (TPSA) is 45.3 Å². The first-order chi connectivity index (χ1) is 10.9. The molecule has 0 aliphatic heterocycles. The summed E-state index contributed by atoms with van der Waals surface area (Å²) in [5.41, 5.74) is 3.88. The summed E-state index contributed by atoms with van der Waals surface area (Å²) < 4.78 is 5.43. The number of para-hydroxylation sites is 1. The van der Waals surface area contributed by atoms with Crippen molar-refractivity contribution in [3.05, 3.63) is 63.1 Å². The summed E-state index contributed by atoms with van der Waals surface area (Å²) in [6, 6.07) is 8.44. The largest absolute Gasteiger partial charge is 0.496 e. The van der Waals surface area contributed by atoms with Gasteiger partial charge in [-0.1, -0.05) is 18.2 Å². The first kappa shape index (κ1) is 17.3. The van der Waals surface area contributed by atoms with E-state index in [0.717, 1.165) is 35.5 Å². The molecule has 1 heterocycles. The minimum Gasteiger partial charge on any atom is -0.496 e. The van der Waals surface area contributed by atoms with Gasteiger partial charge in [0.05, 0.1) is 7.11 Å². The summed E-state index contributed by atoms with van der Waals surface area (Å²) in [7, 11) is 3.78. The van der Waals surface area contributed by atoms with Crippen LogP contribution in [0.25, 0.3) is 0 Å². The van der Waals surface area contributed by atoms with Crippen molar-refractivity contribution < 1.29 is 4.74 Å². The number of nitrogens with one attached hydrogen (secondary N) is 1. The van der Waals surface area contributed by atoms with Crippen molar-refractivity contribution in [3.63, 3.8) is 0 Å². The molecule has 0 bridgehead atoms. The van der Waals surface area contributed by atoms with E-state index in [0.29, 0.717) is 6.04 Å². The van der Waals surface area contributed by atoms with E-state index in [-0.39, 0.29) is 5.43 Å². The van der Waals surface area contributed by atoms with Crippen LogP contribution in [0.3, 0.4) is 0 Å². The average Bonchev–Trinajstić information content (AvgIpc) is 2.55. The molecule has 4 heteroatoms. The van der Waals surface area contributed by atoms with Crippen LogP contribution in [0.15, 0.2) is 35.3 Å². The van der Waals surface area contributed by atoms with Gasteiger partial charge >= 0.3 is 0 Å². The number of nitrogens with zero attached hydrogens (tertiary/aromatic N) is 1. The zero-order valence-electron chi connectivity index (χ0n) is 14.6. The standard InChI is InChI=1S/C19H26N2O2/c1-13-11-20-17(15(3)19(13)22)12-21(4)14(2)10-16-8-6-7-9-18(16)23-5/h6-9,11,14H,10,12H2,1-5H3,(H,20,22)/t14-/m0/s1. The van der Waals surface area contributed by atoms with Crippen molar-refractivity contribution in [1.29, 1.82) is 0 Å². The summed E-state index contributed by atoms with van der Waals surface area (Å²) in [4.78, 5) is 17.6. The van der Waals surface area contributed by atoms with E-state index < -0.39 is 0 Å². The number of pyridine rings is 1. The van der Waals surface area contributed by atoms with E-state index in [9.17, 15) is 4.79 Å². The van der Waals surface area contributed by atoms with E-state index in [1.165, 1.54) is 5.56 Å². The molecular weight excluding hydrogens is 288 g/mol. The lowest BCUT2D eigenvalue weighted by Gasteiger charge is -2.26. The minimum atomic E-state index is 0.129. The fourth-order valence-corrected chi connectivity index (χ4v) is 2.72. The van der Waals surface area contributed by atoms with E-state index in [2.05, 4.69) is 29.9 Å². The molecular formula is C19H26N2O2. The molecule has 1 aromatic heterocycles. The lowest BCUT2D eigenvalue weighted by atomic mass is 10.0. The molecule has 0 saturated carbocycles. The van der Waals surface area contributed by atoms with E-state index >= 15 is 0 Å². The van der Waals surface area contributed by atoms with Crippen molar-refractivity contribution in [3.8, 4) is 5.75 Å². The second kappa shape index (κ2) is 7.47. The van der Waals surface area contributed by atoms with Gasteiger partial charge in [0, 0.05) is 35.6 Å². The third-order valence-corrected chi connectivity index (χ3v) is 4.48. The third-order valence-electron chi connectivity index (χ3n) is 4.48. The van der Waals surface area contributed by atoms with Gasteiger partial charge in [-0.15, -0.1) is 0 Å². The third kappa shape index (κ3) is 4.02. The predicted molar refractivity (Wildman–Crippen MR) is 94.2 cm³/mol. The fourth-order valence-electron chi connectivity index (χ4n) is 2.72. The molecule has 1 N–H and O–H groups in total. The maximum absolute atomic E-state index is 12.1. The summed E-state index contributed by atoms with van der Waals surface area (Å²) in [5, 5.41) is 0. The monoisotopic (exact) mass is 314 g/mol. The number of aromatic amines is 1. The summed E-state index contributed by atoms with van der Waals surface area (Å²) in [6.45, 7) is 6.63. The molecule has 2 rings (SSSR count). The number of H-pyrrole nitrogens is 1. The van der Waals surface area contributed by atoms with Crippen molar-refractivity contribution in [2.24, 2.45) is 0 Å². The molecule has 1 aromatic carbocycles. The Bertz CT molecular complexity index is 722. The smallest absolute Gasteiger partial charge is 0.187 e. The number of aromatic nitrogens is 1. The number of rotatable bonds is 6. The van der Waals surface area contributed by atoms with Crippen molar-refractivity contribution in [1.82, 2.24) is 9.88 Å². The van der Waals surface area contributed by atoms with Gasteiger partial charge in [-0.05, 0) is 45.9 Å². The molecule has 0 amide bonds. The Balaban J connectivity index is 2.10. The molecule has 0 fully saturated rings. The van der Waals surface area contributed by atoms with Crippen LogP contribution in [-0.2, 0) is 13.0 Å². The highest BCUT2D eigenvalue weighted by Gasteiger charge is 2.15. The summed E-state index contributed by atoms with van der Waals surface area (Å²) >= 11 is 0. The lowest BCUT2D eigenvalue weighted by Crippen LogP contribution is -2.32. The first-order valence-corrected chi connectivity index (χ1v) is 7.94. The molecule has 23 heavy (non-hydrogen) atoms. The molecule has 0 aliphatic carbocycles. The second-order valence-electron chi connectivity index (χ2n) is 6.18. The maximum Gasteiger partial charge on any atom is 0.187 e. The molecule has 0 unspecified atom stereocenters. The van der Waals surface area contributed by atoms with Crippen molar-refractivity contribution >= 4 is 0 Å². The van der Waals surface area contributed by atoms with Gasteiger partial charge in [0.2, 0.25) is 0 Å². The lowest BCUT2D eigenvalue weighted by molar-refractivity contribution is 0.243. The Morgan fingerprint density at radius 2 is 1.96 bits per heavy atom. The Morgan fingerprint density at radius 1 is 1.26 bits per heavy atom. The summed E-state index contributed by atoms with van der Waals surface area (Å²) in [5.74, 6) is 0.924. The number of hydrogen-bond acceptors (Lipinski definition) is 3. The SMILES string of the molecule is COc1ccccc1C[C@H](C)N(C)Cc1[nH]cc(C)c(=O)c1C. The fraction of sp³-hybridized carbons (Fsp3) is 0.421. The number of likely N-dealkylation sites (N-methyl/N-ethyl adjacent to an activating group) is 1. The number of aryl methyl sites for hydroxylation is 1.